The molecule has 2 heterocycles. The Kier molecular flexibility index (Phi) is 7.73. The minimum atomic E-state index is -4.38. The molecule has 2 aromatic heterocycles. The van der Waals surface area contributed by atoms with Gasteiger partial charge in [-0.1, -0.05) is 12.1 Å². The summed E-state index contributed by atoms with van der Waals surface area (Å²) in [6, 6.07) is 12.2. The van der Waals surface area contributed by atoms with E-state index >= 15 is 0 Å². The van der Waals surface area contributed by atoms with Gasteiger partial charge in [0, 0.05) is 25.9 Å². The van der Waals surface area contributed by atoms with Crippen LogP contribution in [0.2, 0.25) is 0 Å². The molecule has 0 fully saturated rings. The first-order valence-electron chi connectivity index (χ1n) is 10.6. The van der Waals surface area contributed by atoms with Gasteiger partial charge in [0.25, 0.3) is 25.8 Å². The highest BCUT2D eigenvalue weighted by Gasteiger charge is 2.18. The second kappa shape index (κ2) is 10.3. The van der Waals surface area contributed by atoms with Crippen LogP contribution in [0.5, 0.6) is 0 Å². The molecular formula is C22H23N5O9S2. The molecule has 0 atom stereocenters. The van der Waals surface area contributed by atoms with Gasteiger partial charge in [0.05, 0.1) is 26.9 Å². The van der Waals surface area contributed by atoms with Gasteiger partial charge in [-0.05, 0) is 55.4 Å². The Hall–Kier alpha value is -4.12. The largest absolute Gasteiger partial charge is 0.301 e. The Balaban J connectivity index is 0.000000212. The van der Waals surface area contributed by atoms with E-state index in [1.807, 2.05) is 0 Å². The van der Waals surface area contributed by atoms with E-state index in [0.717, 1.165) is 16.4 Å². The van der Waals surface area contributed by atoms with Crippen LogP contribution in [0.25, 0.3) is 11.4 Å². The van der Waals surface area contributed by atoms with Crippen molar-refractivity contribution in [3.05, 3.63) is 91.6 Å². The smallest absolute Gasteiger partial charge is 0.285 e. The highest BCUT2D eigenvalue weighted by Crippen LogP contribution is 2.19. The molecule has 202 valence electrons. The molecule has 0 radical (unpaired) electrons. The molecule has 14 nitrogen and oxygen atoms in total. The number of nitrogens with zero attached hydrogens (tertiary/aromatic N) is 5. The number of nitroso groups, excluding NO2 is 1. The molecule has 2 N–H and O–H groups in total. The highest BCUT2D eigenvalue weighted by atomic mass is 32.2. The molecule has 0 aliphatic heterocycles. The number of benzene rings is 2. The van der Waals surface area contributed by atoms with Crippen molar-refractivity contribution in [2.45, 2.75) is 23.6 Å². The fourth-order valence-corrected chi connectivity index (χ4v) is 4.62. The lowest BCUT2D eigenvalue weighted by atomic mass is 10.3. The third-order valence-corrected chi connectivity index (χ3v) is 7.39. The van der Waals surface area contributed by atoms with E-state index in [9.17, 15) is 31.3 Å². The fraction of sp³-hybridized carbons (Fsp3) is 0.182. The molecule has 0 unspecified atom stereocenters. The molecular weight excluding hydrogens is 542 g/mol. The topological polar surface area (TPSA) is 192 Å². The van der Waals surface area contributed by atoms with Crippen molar-refractivity contribution in [1.29, 1.82) is 0 Å². The van der Waals surface area contributed by atoms with E-state index < -0.39 is 25.8 Å². The van der Waals surface area contributed by atoms with Crippen LogP contribution in [0.3, 0.4) is 0 Å². The Bertz CT molecular complexity index is 1880. The zero-order chi connectivity index (χ0) is 28.6. The van der Waals surface area contributed by atoms with Crippen LogP contribution in [0.4, 0.5) is 5.69 Å². The number of hydrogen-bond donors (Lipinski definition) is 2. The number of aromatic nitrogens is 4. The van der Waals surface area contributed by atoms with E-state index in [1.165, 1.54) is 58.9 Å². The Morgan fingerprint density at radius 1 is 0.737 bits per heavy atom. The highest BCUT2D eigenvalue weighted by molar-refractivity contribution is 7.86. The summed E-state index contributed by atoms with van der Waals surface area (Å²) >= 11 is 0. The summed E-state index contributed by atoms with van der Waals surface area (Å²) in [5.74, 6) is 0. The van der Waals surface area contributed by atoms with Crippen molar-refractivity contribution in [2.75, 3.05) is 0 Å². The van der Waals surface area contributed by atoms with Crippen molar-refractivity contribution in [1.82, 2.24) is 18.7 Å². The van der Waals surface area contributed by atoms with Crippen molar-refractivity contribution in [2.24, 2.45) is 19.3 Å². The van der Waals surface area contributed by atoms with Crippen LogP contribution in [-0.4, -0.2) is 44.7 Å². The zero-order valence-electron chi connectivity index (χ0n) is 20.5. The summed E-state index contributed by atoms with van der Waals surface area (Å²) in [5.41, 5.74) is 0.510. The van der Waals surface area contributed by atoms with Crippen LogP contribution in [0.1, 0.15) is 11.4 Å². The lowest BCUT2D eigenvalue weighted by Gasteiger charge is -2.09. The van der Waals surface area contributed by atoms with Gasteiger partial charge in [-0.25, -0.2) is 9.36 Å². The second-order valence-electron chi connectivity index (χ2n) is 8.07. The van der Waals surface area contributed by atoms with Gasteiger partial charge in [0.15, 0.2) is 5.69 Å². The normalized spacial score (nSPS) is 11.6. The van der Waals surface area contributed by atoms with Crippen LogP contribution >= 0.6 is 0 Å². The van der Waals surface area contributed by atoms with Gasteiger partial charge in [-0.15, -0.1) is 4.91 Å². The van der Waals surface area contributed by atoms with Crippen LogP contribution in [0, 0.1) is 18.8 Å². The molecule has 4 aromatic rings. The molecule has 0 aliphatic carbocycles. The number of rotatable bonds is 5. The van der Waals surface area contributed by atoms with Crippen LogP contribution < -0.4 is 11.1 Å². The average Bonchev–Trinajstić information content (AvgIpc) is 3.22. The summed E-state index contributed by atoms with van der Waals surface area (Å²) in [6.07, 6.45) is 0. The summed E-state index contributed by atoms with van der Waals surface area (Å²) in [5, 5.41) is 2.68. The van der Waals surface area contributed by atoms with Crippen molar-refractivity contribution in [3.8, 4) is 11.4 Å². The number of aryl methyl sites for hydroxylation is 1. The maximum Gasteiger partial charge on any atom is 0.301 e. The van der Waals surface area contributed by atoms with Gasteiger partial charge in [-0.3, -0.25) is 28.1 Å². The molecule has 4 rings (SSSR count). The molecule has 0 saturated heterocycles. The van der Waals surface area contributed by atoms with Gasteiger partial charge < -0.3 is 0 Å². The summed E-state index contributed by atoms with van der Waals surface area (Å²) in [7, 11) is -5.43. The van der Waals surface area contributed by atoms with E-state index in [4.69, 9.17) is 9.11 Å². The standard InChI is InChI=1S/C11H11N3O5S.C11H12N2O4S/c1-7-10(12-16)11(15)14(13(7)2)8-4-3-5-9(6-8)20(17,18)19;1-8-6-11(14)13(12(8)2)9-4-3-5-10(7-9)18(15,16)17/h3-6H,1-2H3,(H,17,18,19);3-7H,1-2H3,(H,15,16,17). The third kappa shape index (κ3) is 5.57. The molecule has 2 aromatic carbocycles. The van der Waals surface area contributed by atoms with E-state index in [1.54, 1.807) is 31.6 Å². The quantitative estimate of drug-likeness (QED) is 0.268. The van der Waals surface area contributed by atoms with Gasteiger partial charge in [-0.2, -0.15) is 16.8 Å². The maximum atomic E-state index is 12.0. The second-order valence-corrected chi connectivity index (χ2v) is 10.9. The van der Waals surface area contributed by atoms with Gasteiger partial charge in [0.1, 0.15) is 0 Å². The predicted molar refractivity (Wildman–Crippen MR) is 137 cm³/mol. The lowest BCUT2D eigenvalue weighted by molar-refractivity contribution is 0.480. The first-order valence-corrected chi connectivity index (χ1v) is 13.5. The monoisotopic (exact) mass is 565 g/mol. The number of hydrogen-bond acceptors (Lipinski definition) is 8. The maximum absolute atomic E-state index is 12.0. The summed E-state index contributed by atoms with van der Waals surface area (Å²) in [6.45, 7) is 3.31. The predicted octanol–water partition coefficient (Wildman–Crippen LogP) is 1.86. The Morgan fingerprint density at radius 2 is 1.21 bits per heavy atom. The van der Waals surface area contributed by atoms with Crippen LogP contribution in [-0.2, 0) is 34.3 Å². The molecule has 0 bridgehead atoms. The van der Waals surface area contributed by atoms with Gasteiger partial charge >= 0.3 is 5.56 Å². The SMILES string of the molecule is Cc1c(N=O)c(=O)n(-c2cccc(S(=O)(=O)O)c2)n1C.Cc1cc(=O)n(-c2cccc(S(=O)(=O)O)c2)n1C. The molecule has 0 amide bonds. The molecule has 0 spiro atoms. The third-order valence-electron chi connectivity index (χ3n) is 5.69. The van der Waals surface area contributed by atoms with Crippen molar-refractivity contribution >= 4 is 25.9 Å². The minimum absolute atomic E-state index is 0.200. The summed E-state index contributed by atoms with van der Waals surface area (Å²) in [4.78, 5) is 33.9. The summed E-state index contributed by atoms with van der Waals surface area (Å²) < 4.78 is 67.7. The average molecular weight is 566 g/mol. The minimum Gasteiger partial charge on any atom is -0.285 e. The Morgan fingerprint density at radius 3 is 1.58 bits per heavy atom. The zero-order valence-corrected chi connectivity index (χ0v) is 22.1. The van der Waals surface area contributed by atoms with Gasteiger partial charge in [0.2, 0.25) is 0 Å². The van der Waals surface area contributed by atoms with Crippen molar-refractivity contribution in [3.63, 3.8) is 0 Å². The van der Waals surface area contributed by atoms with E-state index in [0.29, 0.717) is 11.4 Å². The first kappa shape index (κ1) is 28.5. The Labute approximate surface area is 216 Å². The molecule has 16 heteroatoms. The first-order chi connectivity index (χ1) is 17.6. The van der Waals surface area contributed by atoms with E-state index in [-0.39, 0.29) is 26.7 Å². The fourth-order valence-electron chi connectivity index (χ4n) is 3.58. The molecule has 0 saturated carbocycles. The molecule has 38 heavy (non-hydrogen) atoms. The molecule has 0 aliphatic rings. The van der Waals surface area contributed by atoms with E-state index in [2.05, 4.69) is 5.18 Å². The lowest BCUT2D eigenvalue weighted by Crippen LogP contribution is -2.19. The van der Waals surface area contributed by atoms with Crippen molar-refractivity contribution < 1.29 is 25.9 Å². The van der Waals surface area contributed by atoms with Crippen LogP contribution in [0.15, 0.2) is 79.2 Å².